The minimum atomic E-state index is -1.01. The van der Waals surface area contributed by atoms with Gasteiger partial charge < -0.3 is 19.3 Å². The number of hydrogen-bond donors (Lipinski definition) is 1. The Balaban J connectivity index is 1.39. The van der Waals surface area contributed by atoms with Crippen LogP contribution in [0.15, 0.2) is 59.4 Å². The number of aliphatic hydroxyl groups is 1. The zero-order valence-electron chi connectivity index (χ0n) is 18.6. The number of aliphatic hydroxyl groups excluding tert-OH is 1. The van der Waals surface area contributed by atoms with E-state index in [9.17, 15) is 14.7 Å². The Morgan fingerprint density at radius 1 is 1.09 bits per heavy atom. The molecule has 0 aliphatic heterocycles. The summed E-state index contributed by atoms with van der Waals surface area (Å²) in [7, 11) is 0. The van der Waals surface area contributed by atoms with Gasteiger partial charge >= 0.3 is 5.97 Å². The van der Waals surface area contributed by atoms with Crippen LogP contribution in [0.5, 0.6) is 17.2 Å². The number of fused-ring (bicyclic) bond motifs is 1. The molecular weight excluding hydrogens is 458 g/mol. The summed E-state index contributed by atoms with van der Waals surface area (Å²) in [6, 6.07) is 16.4. The lowest BCUT2D eigenvalue weighted by Crippen LogP contribution is -2.32. The van der Waals surface area contributed by atoms with Crippen LogP contribution in [0.1, 0.15) is 22.2 Å². The normalized spacial score (nSPS) is 11.9. The van der Waals surface area contributed by atoms with Crippen molar-refractivity contribution in [2.45, 2.75) is 26.5 Å². The van der Waals surface area contributed by atoms with E-state index >= 15 is 0 Å². The van der Waals surface area contributed by atoms with E-state index in [1.165, 1.54) is 0 Å². The molecule has 0 fully saturated rings. The Labute approximate surface area is 199 Å². The fraction of sp³-hybridized carbons (Fsp3) is 0.250. The second kappa shape index (κ2) is 10.4. The number of para-hydroxylation sites is 1. The second-order valence-corrected chi connectivity index (χ2v) is 8.38. The molecule has 176 valence electrons. The molecule has 4 aromatic rings. The van der Waals surface area contributed by atoms with Crippen molar-refractivity contribution in [1.82, 2.24) is 15.0 Å². The summed E-state index contributed by atoms with van der Waals surface area (Å²) >= 11 is 1.06. The number of esters is 1. The van der Waals surface area contributed by atoms with Gasteiger partial charge in [-0.3, -0.25) is 4.79 Å². The van der Waals surface area contributed by atoms with Gasteiger partial charge in [0, 0.05) is 0 Å². The first-order valence-electron chi connectivity index (χ1n) is 10.6. The van der Waals surface area contributed by atoms with Crippen molar-refractivity contribution in [3.8, 4) is 17.2 Å². The van der Waals surface area contributed by atoms with E-state index in [4.69, 9.17) is 14.2 Å². The van der Waals surface area contributed by atoms with Gasteiger partial charge in [0.25, 0.3) is 5.56 Å². The Kier molecular flexibility index (Phi) is 7.19. The van der Waals surface area contributed by atoms with E-state index in [0.717, 1.165) is 21.8 Å². The van der Waals surface area contributed by atoms with E-state index in [0.29, 0.717) is 32.2 Å². The molecule has 9 nitrogen and oxygen atoms in total. The summed E-state index contributed by atoms with van der Waals surface area (Å²) in [4.78, 5) is 25.7. The van der Waals surface area contributed by atoms with E-state index < -0.39 is 17.6 Å². The SMILES string of the molecule is CCOC(=O)c1sc2nnn(C[C@H](O)COc3ccc(Oc4ccccc4)cc3)c(=O)c2c1C. The van der Waals surface area contributed by atoms with Crippen molar-refractivity contribution in [2.75, 3.05) is 13.2 Å². The molecule has 0 radical (unpaired) electrons. The highest BCUT2D eigenvalue weighted by molar-refractivity contribution is 7.20. The maximum absolute atomic E-state index is 12.9. The first-order chi connectivity index (χ1) is 16.5. The van der Waals surface area contributed by atoms with E-state index in [2.05, 4.69) is 10.3 Å². The summed E-state index contributed by atoms with van der Waals surface area (Å²) < 4.78 is 17.5. The molecule has 34 heavy (non-hydrogen) atoms. The quantitative estimate of drug-likeness (QED) is 0.361. The zero-order chi connectivity index (χ0) is 24.1. The van der Waals surface area contributed by atoms with Crippen molar-refractivity contribution >= 4 is 27.5 Å². The van der Waals surface area contributed by atoms with Crippen molar-refractivity contribution in [1.29, 1.82) is 0 Å². The predicted molar refractivity (Wildman–Crippen MR) is 127 cm³/mol. The number of aryl methyl sites for hydroxylation is 1. The number of benzene rings is 2. The number of carbonyl (C=O) groups is 1. The first kappa shape index (κ1) is 23.4. The van der Waals surface area contributed by atoms with Crippen LogP contribution in [0.4, 0.5) is 0 Å². The predicted octanol–water partition coefficient (Wildman–Crippen LogP) is 3.57. The van der Waals surface area contributed by atoms with Crippen LogP contribution in [0.25, 0.3) is 10.2 Å². The summed E-state index contributed by atoms with van der Waals surface area (Å²) in [5, 5.41) is 18.6. The monoisotopic (exact) mass is 481 g/mol. The van der Waals surface area contributed by atoms with Crippen LogP contribution in [-0.2, 0) is 11.3 Å². The van der Waals surface area contributed by atoms with E-state index in [1.807, 2.05) is 30.3 Å². The number of carbonyl (C=O) groups excluding carboxylic acids is 1. The fourth-order valence-corrected chi connectivity index (χ4v) is 4.28. The van der Waals surface area contributed by atoms with Crippen molar-refractivity contribution < 1.29 is 24.1 Å². The smallest absolute Gasteiger partial charge is 0.348 e. The summed E-state index contributed by atoms with van der Waals surface area (Å²) in [5.41, 5.74) is 0.0615. The van der Waals surface area contributed by atoms with Gasteiger partial charge in [0.1, 0.15) is 34.8 Å². The number of ether oxygens (including phenoxy) is 3. The zero-order valence-corrected chi connectivity index (χ0v) is 19.4. The maximum Gasteiger partial charge on any atom is 0.348 e. The topological polar surface area (TPSA) is 113 Å². The lowest BCUT2D eigenvalue weighted by molar-refractivity contribution is 0.0531. The third-order valence-corrected chi connectivity index (χ3v) is 6.07. The van der Waals surface area contributed by atoms with Gasteiger partial charge in [-0.15, -0.1) is 16.4 Å². The number of hydrogen-bond acceptors (Lipinski definition) is 9. The van der Waals surface area contributed by atoms with Gasteiger partial charge in [-0.25, -0.2) is 9.48 Å². The lowest BCUT2D eigenvalue weighted by atomic mass is 10.2. The molecule has 0 amide bonds. The molecule has 0 saturated heterocycles. The minimum absolute atomic E-state index is 0.0538. The maximum atomic E-state index is 12.9. The lowest BCUT2D eigenvalue weighted by Gasteiger charge is -2.13. The van der Waals surface area contributed by atoms with Gasteiger partial charge in [-0.2, -0.15) is 0 Å². The van der Waals surface area contributed by atoms with Crippen molar-refractivity contribution in [2.24, 2.45) is 0 Å². The molecule has 0 aliphatic rings. The molecule has 2 aromatic carbocycles. The third-order valence-electron chi connectivity index (χ3n) is 4.91. The minimum Gasteiger partial charge on any atom is -0.491 e. The van der Waals surface area contributed by atoms with Crippen molar-refractivity contribution in [3.05, 3.63) is 75.4 Å². The third kappa shape index (κ3) is 5.24. The van der Waals surface area contributed by atoms with Crippen LogP contribution in [0, 0.1) is 6.92 Å². The average Bonchev–Trinajstić information content (AvgIpc) is 3.18. The largest absolute Gasteiger partial charge is 0.491 e. The molecule has 0 unspecified atom stereocenters. The van der Waals surface area contributed by atoms with Gasteiger partial charge in [0.15, 0.2) is 4.83 Å². The Bertz CT molecular complexity index is 1330. The second-order valence-electron chi connectivity index (χ2n) is 7.38. The van der Waals surface area contributed by atoms with E-state index in [1.54, 1.807) is 38.1 Å². The molecule has 4 rings (SSSR count). The molecular formula is C24H23N3O6S. The molecule has 0 spiro atoms. The van der Waals surface area contributed by atoms with Gasteiger partial charge in [-0.05, 0) is 55.8 Å². The van der Waals surface area contributed by atoms with Crippen LogP contribution in [0.3, 0.4) is 0 Å². The Morgan fingerprint density at radius 2 is 1.76 bits per heavy atom. The van der Waals surface area contributed by atoms with Crippen LogP contribution in [0.2, 0.25) is 0 Å². The highest BCUT2D eigenvalue weighted by Gasteiger charge is 2.21. The van der Waals surface area contributed by atoms with Gasteiger partial charge in [0.05, 0.1) is 18.5 Å². The van der Waals surface area contributed by atoms with Crippen LogP contribution < -0.4 is 15.0 Å². The molecule has 0 saturated carbocycles. The highest BCUT2D eigenvalue weighted by Crippen LogP contribution is 2.27. The van der Waals surface area contributed by atoms with Gasteiger partial charge in [-0.1, -0.05) is 23.4 Å². The summed E-state index contributed by atoms with van der Waals surface area (Å²) in [6.45, 7) is 3.45. The number of thiophene rings is 1. The van der Waals surface area contributed by atoms with Crippen molar-refractivity contribution in [3.63, 3.8) is 0 Å². The first-order valence-corrected chi connectivity index (χ1v) is 11.5. The molecule has 0 bridgehead atoms. The number of nitrogens with zero attached hydrogens (tertiary/aromatic N) is 3. The molecule has 1 N–H and O–H groups in total. The summed E-state index contributed by atoms with van der Waals surface area (Å²) in [5.74, 6) is 1.43. The molecule has 1 atom stereocenters. The molecule has 0 aliphatic carbocycles. The molecule has 10 heteroatoms. The molecule has 2 heterocycles. The number of rotatable bonds is 9. The fourth-order valence-electron chi connectivity index (χ4n) is 3.27. The Morgan fingerprint density at radius 3 is 2.47 bits per heavy atom. The van der Waals surface area contributed by atoms with E-state index in [-0.39, 0.29) is 19.8 Å². The van der Waals surface area contributed by atoms with Crippen LogP contribution >= 0.6 is 11.3 Å². The summed E-state index contributed by atoms with van der Waals surface area (Å²) in [6.07, 6.45) is -1.01. The average molecular weight is 482 g/mol. The highest BCUT2D eigenvalue weighted by atomic mass is 32.1. The Hall–Kier alpha value is -3.76. The number of aromatic nitrogens is 3. The van der Waals surface area contributed by atoms with Crippen LogP contribution in [-0.4, -0.2) is 45.4 Å². The van der Waals surface area contributed by atoms with Gasteiger partial charge in [0.2, 0.25) is 0 Å². The standard InChI is InChI=1S/C24H23N3O6S/c1-3-31-24(30)21-15(2)20-22(34-21)25-26-27(23(20)29)13-16(28)14-32-17-9-11-19(12-10-17)33-18-7-5-4-6-8-18/h4-12,16,28H,3,13-14H2,1-2H3/t16-/m0/s1. The molecule has 2 aromatic heterocycles.